The van der Waals surface area contributed by atoms with Crippen LogP contribution in [0, 0.1) is 5.92 Å². The molecule has 0 saturated heterocycles. The van der Waals surface area contributed by atoms with Gasteiger partial charge in [0.25, 0.3) is 0 Å². The fourth-order valence-electron chi connectivity index (χ4n) is 3.92. The average Bonchev–Trinajstić information content (AvgIpc) is 3.45. The van der Waals surface area contributed by atoms with Gasteiger partial charge in [-0.25, -0.2) is 0 Å². The summed E-state index contributed by atoms with van der Waals surface area (Å²) in [6, 6.07) is 19.3. The van der Waals surface area contributed by atoms with E-state index in [4.69, 9.17) is 42.3 Å². The van der Waals surface area contributed by atoms with Crippen molar-refractivity contribution < 1.29 is 19.0 Å². The zero-order valence-corrected chi connectivity index (χ0v) is 18.9. The van der Waals surface area contributed by atoms with Gasteiger partial charge in [0.1, 0.15) is 12.4 Å². The Hall–Kier alpha value is -2.89. The molecular weight excluding hydrogens is 449 g/mol. The molecule has 3 aromatic carbocycles. The minimum atomic E-state index is 0.240. The summed E-state index contributed by atoms with van der Waals surface area (Å²) in [6.45, 7) is 0.531. The van der Waals surface area contributed by atoms with Crippen LogP contribution < -0.4 is 14.2 Å². The van der Waals surface area contributed by atoms with Crippen molar-refractivity contribution >= 4 is 28.9 Å². The third-order valence-electron chi connectivity index (χ3n) is 5.75. The van der Waals surface area contributed by atoms with E-state index in [0.29, 0.717) is 16.0 Å². The summed E-state index contributed by atoms with van der Waals surface area (Å²) in [6.07, 6.45) is 0.982. The summed E-state index contributed by atoms with van der Waals surface area (Å²) >= 11 is 12.3. The van der Waals surface area contributed by atoms with Gasteiger partial charge in [0.2, 0.25) is 6.79 Å². The largest absolute Gasteiger partial charge is 0.497 e. The molecule has 5 rings (SSSR count). The number of benzene rings is 3. The highest BCUT2D eigenvalue weighted by atomic mass is 35.5. The normalized spacial score (nSPS) is 19.0. The smallest absolute Gasteiger partial charge is 0.231 e. The first kappa shape index (κ1) is 21.0. The van der Waals surface area contributed by atoms with Crippen LogP contribution in [0.4, 0.5) is 0 Å². The Labute approximate surface area is 196 Å². The SMILES string of the molecule is COc1ccc(/C(=N/OCc2ccc(Cl)cc2Cl)[C@H]2C[C@@H]2c2ccc3c(c2)OCO3)cc1. The molecule has 1 heterocycles. The lowest BCUT2D eigenvalue weighted by Gasteiger charge is -2.10. The van der Waals surface area contributed by atoms with Crippen molar-refractivity contribution in [2.75, 3.05) is 13.9 Å². The summed E-state index contributed by atoms with van der Waals surface area (Å²) < 4.78 is 16.3. The van der Waals surface area contributed by atoms with E-state index in [9.17, 15) is 0 Å². The molecule has 32 heavy (non-hydrogen) atoms. The van der Waals surface area contributed by atoms with E-state index < -0.39 is 0 Å². The number of nitrogens with zero attached hydrogens (tertiary/aromatic N) is 1. The maximum Gasteiger partial charge on any atom is 0.231 e. The number of ether oxygens (including phenoxy) is 3. The Balaban J connectivity index is 1.38. The second-order valence-electron chi connectivity index (χ2n) is 7.78. The van der Waals surface area contributed by atoms with Crippen LogP contribution in [-0.2, 0) is 11.4 Å². The number of hydrogen-bond acceptors (Lipinski definition) is 5. The summed E-state index contributed by atoms with van der Waals surface area (Å²) in [4.78, 5) is 5.76. The Kier molecular flexibility index (Phi) is 5.85. The molecule has 7 heteroatoms. The Morgan fingerprint density at radius 3 is 2.59 bits per heavy atom. The van der Waals surface area contributed by atoms with Gasteiger partial charge < -0.3 is 19.0 Å². The first-order chi connectivity index (χ1) is 15.6. The number of hydrogen-bond donors (Lipinski definition) is 0. The molecule has 0 bridgehead atoms. The van der Waals surface area contributed by atoms with Crippen molar-refractivity contribution in [3.8, 4) is 17.2 Å². The Bertz CT molecular complexity index is 1160. The quantitative estimate of drug-likeness (QED) is 0.294. The van der Waals surface area contributed by atoms with Crippen LogP contribution >= 0.6 is 23.2 Å². The molecule has 0 amide bonds. The van der Waals surface area contributed by atoms with Crippen molar-refractivity contribution in [1.82, 2.24) is 0 Å². The van der Waals surface area contributed by atoms with Crippen LogP contribution in [0.15, 0.2) is 65.8 Å². The molecule has 0 radical (unpaired) electrons. The van der Waals surface area contributed by atoms with Crippen LogP contribution in [0.1, 0.15) is 29.0 Å². The maximum atomic E-state index is 6.27. The standard InChI is InChI=1S/C25H21Cl2NO4/c1-29-19-7-3-15(4-8-19)25(28-32-13-17-2-6-18(26)11-22(17)27)21-12-20(21)16-5-9-23-24(10-16)31-14-30-23/h2-11,20-21H,12-14H2,1H3/b28-25-/t20-,21+/m1/s1. The molecule has 3 aromatic rings. The lowest BCUT2D eigenvalue weighted by atomic mass is 10.0. The molecular formula is C25H21Cl2NO4. The summed E-state index contributed by atoms with van der Waals surface area (Å²) in [5, 5.41) is 5.69. The Morgan fingerprint density at radius 1 is 1.00 bits per heavy atom. The molecule has 0 N–H and O–H groups in total. The van der Waals surface area contributed by atoms with Crippen LogP contribution in [0.2, 0.25) is 10.0 Å². The molecule has 164 valence electrons. The molecule has 0 spiro atoms. The summed E-state index contributed by atoms with van der Waals surface area (Å²) in [5.41, 5.74) is 3.94. The number of oxime groups is 1. The van der Waals surface area contributed by atoms with E-state index in [1.807, 2.05) is 36.4 Å². The summed E-state index contributed by atoms with van der Waals surface area (Å²) in [5.74, 6) is 2.96. The zero-order valence-electron chi connectivity index (χ0n) is 17.4. The topological polar surface area (TPSA) is 49.3 Å². The van der Waals surface area contributed by atoms with Gasteiger partial charge in [0.05, 0.1) is 12.8 Å². The van der Waals surface area contributed by atoms with Crippen molar-refractivity contribution in [3.63, 3.8) is 0 Å². The van der Waals surface area contributed by atoms with E-state index in [2.05, 4.69) is 17.3 Å². The highest BCUT2D eigenvalue weighted by Gasteiger charge is 2.43. The van der Waals surface area contributed by atoms with Gasteiger partial charge in [-0.05, 0) is 72.0 Å². The molecule has 5 nitrogen and oxygen atoms in total. The van der Waals surface area contributed by atoms with E-state index >= 15 is 0 Å². The van der Waals surface area contributed by atoms with Gasteiger partial charge in [-0.3, -0.25) is 0 Å². The van der Waals surface area contributed by atoms with Gasteiger partial charge in [0, 0.05) is 21.5 Å². The van der Waals surface area contributed by atoms with Gasteiger partial charge in [-0.1, -0.05) is 40.5 Å². The molecule has 0 unspecified atom stereocenters. The molecule has 1 fully saturated rings. The number of halogens is 2. The first-order valence-electron chi connectivity index (χ1n) is 10.3. The first-order valence-corrected chi connectivity index (χ1v) is 11.1. The fourth-order valence-corrected chi connectivity index (χ4v) is 4.38. The third-order valence-corrected chi connectivity index (χ3v) is 6.34. The fraction of sp³-hybridized carbons (Fsp3) is 0.240. The molecule has 1 saturated carbocycles. The molecule has 1 aliphatic heterocycles. The molecule has 0 aromatic heterocycles. The van der Waals surface area contributed by atoms with E-state index in [1.54, 1.807) is 19.2 Å². The van der Waals surface area contributed by atoms with Crippen molar-refractivity contribution in [2.24, 2.45) is 11.1 Å². The molecule has 2 atom stereocenters. The zero-order chi connectivity index (χ0) is 22.1. The number of methoxy groups -OCH3 is 1. The minimum Gasteiger partial charge on any atom is -0.497 e. The van der Waals surface area contributed by atoms with Gasteiger partial charge in [-0.15, -0.1) is 0 Å². The monoisotopic (exact) mass is 469 g/mol. The van der Waals surface area contributed by atoms with E-state index in [-0.39, 0.29) is 19.3 Å². The highest BCUT2D eigenvalue weighted by Crippen LogP contribution is 2.51. The third kappa shape index (κ3) is 4.36. The van der Waals surface area contributed by atoms with E-state index in [0.717, 1.165) is 40.5 Å². The Morgan fingerprint density at radius 2 is 1.81 bits per heavy atom. The predicted molar refractivity (Wildman–Crippen MR) is 124 cm³/mol. The van der Waals surface area contributed by atoms with Gasteiger partial charge in [-0.2, -0.15) is 0 Å². The van der Waals surface area contributed by atoms with Crippen LogP contribution in [0.3, 0.4) is 0 Å². The van der Waals surface area contributed by atoms with Crippen molar-refractivity contribution in [3.05, 3.63) is 87.4 Å². The lowest BCUT2D eigenvalue weighted by molar-refractivity contribution is 0.130. The average molecular weight is 470 g/mol. The predicted octanol–water partition coefficient (Wildman–Crippen LogP) is 6.46. The summed E-state index contributed by atoms with van der Waals surface area (Å²) in [7, 11) is 1.65. The second-order valence-corrected chi connectivity index (χ2v) is 8.62. The van der Waals surface area contributed by atoms with Crippen molar-refractivity contribution in [1.29, 1.82) is 0 Å². The van der Waals surface area contributed by atoms with Crippen LogP contribution in [-0.4, -0.2) is 19.6 Å². The molecule has 2 aliphatic rings. The van der Waals surface area contributed by atoms with Crippen LogP contribution in [0.5, 0.6) is 17.2 Å². The van der Waals surface area contributed by atoms with Gasteiger partial charge >= 0.3 is 0 Å². The minimum absolute atomic E-state index is 0.240. The van der Waals surface area contributed by atoms with Crippen LogP contribution in [0.25, 0.3) is 0 Å². The van der Waals surface area contributed by atoms with Gasteiger partial charge in [0.15, 0.2) is 11.5 Å². The second kappa shape index (κ2) is 8.93. The number of fused-ring (bicyclic) bond motifs is 1. The lowest BCUT2D eigenvalue weighted by Crippen LogP contribution is -2.07. The van der Waals surface area contributed by atoms with E-state index in [1.165, 1.54) is 5.56 Å². The molecule has 1 aliphatic carbocycles. The van der Waals surface area contributed by atoms with Crippen molar-refractivity contribution in [2.45, 2.75) is 18.9 Å². The highest BCUT2D eigenvalue weighted by molar-refractivity contribution is 6.35. The maximum absolute atomic E-state index is 6.27. The number of rotatable bonds is 7.